The molecule has 1 aliphatic carbocycles. The van der Waals surface area contributed by atoms with Crippen molar-refractivity contribution in [3.63, 3.8) is 0 Å². The highest BCUT2D eigenvalue weighted by molar-refractivity contribution is 7.91. The van der Waals surface area contributed by atoms with E-state index in [1.807, 2.05) is 0 Å². The van der Waals surface area contributed by atoms with E-state index in [0.717, 1.165) is 38.8 Å². The number of hydrogen-bond donors (Lipinski definition) is 2. The molecule has 1 saturated carbocycles. The Bertz CT molecular complexity index is 248. The normalized spacial score (nSPS) is 31.2. The number of carbonyl (C=O) groups excluding carboxylic acids is 1. The van der Waals surface area contributed by atoms with Gasteiger partial charge in [-0.05, 0) is 25.7 Å². The van der Waals surface area contributed by atoms with Crippen LogP contribution in [0.2, 0.25) is 0 Å². The van der Waals surface area contributed by atoms with Gasteiger partial charge in [-0.25, -0.2) is 0 Å². The molecule has 0 bridgehead atoms. The Hall–Kier alpha value is -0.300. The summed E-state index contributed by atoms with van der Waals surface area (Å²) in [5, 5.41) is 3.09. The van der Waals surface area contributed by atoms with Crippen LogP contribution in [0.25, 0.3) is 0 Å². The van der Waals surface area contributed by atoms with Crippen LogP contribution in [-0.2, 0) is 16.0 Å². The second-order valence-corrected chi connectivity index (χ2v) is 7.00. The zero-order valence-electron chi connectivity index (χ0n) is 10.8. The molecular formula is C12H23N3O2S. The standard InChI is InChI=1S/C12H23N3O2S/c13-10-1-3-11(4-2-10)14-12(16)9-15-5-7-18(17)8-6-15/h10-11H,1-9,13H2,(H,14,16)/t10-,11-. The van der Waals surface area contributed by atoms with Gasteiger partial charge >= 0.3 is 0 Å². The lowest BCUT2D eigenvalue weighted by Gasteiger charge is -2.30. The van der Waals surface area contributed by atoms with E-state index >= 15 is 0 Å². The van der Waals surface area contributed by atoms with Crippen molar-refractivity contribution >= 4 is 17.1 Å². The number of rotatable bonds is 3. The molecule has 2 fully saturated rings. The summed E-state index contributed by atoms with van der Waals surface area (Å²) in [4.78, 5) is 14.0. The van der Waals surface area contributed by atoms with Crippen LogP contribution < -0.4 is 11.1 Å². The zero-order valence-corrected chi connectivity index (χ0v) is 11.6. The van der Waals surface area contributed by atoms with Crippen LogP contribution in [0.15, 0.2) is 0 Å². The topological polar surface area (TPSA) is 81.4 Å². The Morgan fingerprint density at radius 3 is 2.50 bits per heavy atom. The van der Waals surface area contributed by atoms with Gasteiger partial charge in [0.2, 0.25) is 5.91 Å². The second kappa shape index (κ2) is 6.75. The van der Waals surface area contributed by atoms with Gasteiger partial charge in [-0.3, -0.25) is 9.69 Å². The van der Waals surface area contributed by atoms with E-state index in [-0.39, 0.29) is 5.91 Å². The lowest BCUT2D eigenvalue weighted by atomic mass is 9.92. The summed E-state index contributed by atoms with van der Waals surface area (Å²) in [6, 6.07) is 0.617. The van der Waals surface area contributed by atoms with Crippen molar-refractivity contribution in [2.45, 2.75) is 37.8 Å². The molecule has 0 spiro atoms. The van der Waals surface area contributed by atoms with Gasteiger partial charge in [-0.15, -0.1) is 0 Å². The third-order valence-corrected chi connectivity index (χ3v) is 5.05. The first-order chi connectivity index (χ1) is 8.63. The van der Waals surface area contributed by atoms with Crippen molar-refractivity contribution in [1.29, 1.82) is 0 Å². The van der Waals surface area contributed by atoms with Gasteiger partial charge in [-0.2, -0.15) is 0 Å². The monoisotopic (exact) mass is 273 g/mol. The van der Waals surface area contributed by atoms with E-state index in [4.69, 9.17) is 5.73 Å². The average molecular weight is 273 g/mol. The highest BCUT2D eigenvalue weighted by Crippen LogP contribution is 2.16. The quantitative estimate of drug-likeness (QED) is 0.675. The molecule has 2 rings (SSSR count). The zero-order chi connectivity index (χ0) is 13.0. The molecule has 6 heteroatoms. The fourth-order valence-corrected chi connectivity index (χ4v) is 3.70. The predicted molar refractivity (Wildman–Crippen MR) is 72.7 cm³/mol. The minimum absolute atomic E-state index is 0.100. The van der Waals surface area contributed by atoms with Gasteiger partial charge in [-0.1, -0.05) is 11.2 Å². The molecule has 2 aliphatic rings. The molecule has 5 nitrogen and oxygen atoms in total. The third-order valence-electron chi connectivity index (χ3n) is 3.77. The van der Waals surface area contributed by atoms with Crippen LogP contribution in [0.5, 0.6) is 0 Å². The van der Waals surface area contributed by atoms with Crippen LogP contribution >= 0.6 is 0 Å². The molecule has 1 saturated heterocycles. The second-order valence-electron chi connectivity index (χ2n) is 5.30. The van der Waals surface area contributed by atoms with Gasteiger partial charge in [0.15, 0.2) is 0 Å². The summed E-state index contributed by atoms with van der Waals surface area (Å²) in [7, 11) is 0. The Balaban J connectivity index is 1.66. The maximum atomic E-state index is 11.9. The largest absolute Gasteiger partial charge is 0.616 e. The molecule has 3 N–H and O–H groups in total. The fourth-order valence-electron chi connectivity index (χ4n) is 2.57. The third kappa shape index (κ3) is 4.42. The molecule has 104 valence electrons. The molecule has 0 aromatic heterocycles. The maximum absolute atomic E-state index is 11.9. The van der Waals surface area contributed by atoms with E-state index in [1.165, 1.54) is 0 Å². The SMILES string of the molecule is N[C@H]1CC[C@H](NC(=O)CN2CC[S+]([O-])CC2)CC1. The first kappa shape index (κ1) is 14.1. The summed E-state index contributed by atoms with van der Waals surface area (Å²) < 4.78 is 11.2. The van der Waals surface area contributed by atoms with Gasteiger partial charge in [0, 0.05) is 25.2 Å². The highest BCUT2D eigenvalue weighted by Gasteiger charge is 2.23. The number of nitrogens with zero attached hydrogens (tertiary/aromatic N) is 1. The molecule has 1 amide bonds. The minimum atomic E-state index is -0.673. The van der Waals surface area contributed by atoms with Crippen molar-refractivity contribution in [1.82, 2.24) is 10.2 Å². The van der Waals surface area contributed by atoms with Gasteiger partial charge in [0.1, 0.15) is 11.5 Å². The van der Waals surface area contributed by atoms with Gasteiger partial charge in [0.05, 0.1) is 6.54 Å². The van der Waals surface area contributed by atoms with Crippen LogP contribution in [0.4, 0.5) is 0 Å². The number of nitrogens with two attached hydrogens (primary N) is 1. The minimum Gasteiger partial charge on any atom is -0.616 e. The molecule has 0 aromatic carbocycles. The Morgan fingerprint density at radius 2 is 1.89 bits per heavy atom. The Labute approximate surface area is 112 Å². The lowest BCUT2D eigenvalue weighted by Crippen LogP contribution is -2.48. The molecule has 0 aromatic rings. The first-order valence-corrected chi connectivity index (χ1v) is 8.24. The van der Waals surface area contributed by atoms with E-state index in [2.05, 4.69) is 10.2 Å². The summed E-state index contributed by atoms with van der Waals surface area (Å²) >= 11 is -0.673. The smallest absolute Gasteiger partial charge is 0.234 e. The maximum Gasteiger partial charge on any atom is 0.234 e. The number of amides is 1. The highest BCUT2D eigenvalue weighted by atomic mass is 32.2. The average Bonchev–Trinajstić information content (AvgIpc) is 2.35. The first-order valence-electron chi connectivity index (χ1n) is 6.76. The van der Waals surface area contributed by atoms with Crippen molar-refractivity contribution in [2.24, 2.45) is 5.73 Å². The molecule has 1 aliphatic heterocycles. The van der Waals surface area contributed by atoms with Crippen LogP contribution in [0.3, 0.4) is 0 Å². The number of hydrogen-bond acceptors (Lipinski definition) is 4. The van der Waals surface area contributed by atoms with E-state index in [1.54, 1.807) is 0 Å². The predicted octanol–water partition coefficient (Wildman–Crippen LogP) is -0.563. The van der Waals surface area contributed by atoms with Crippen LogP contribution in [-0.4, -0.2) is 58.6 Å². The molecule has 1 heterocycles. The number of carbonyl (C=O) groups is 1. The Morgan fingerprint density at radius 1 is 1.28 bits per heavy atom. The van der Waals surface area contributed by atoms with Crippen molar-refractivity contribution in [2.75, 3.05) is 31.1 Å². The van der Waals surface area contributed by atoms with Crippen LogP contribution in [0, 0.1) is 0 Å². The van der Waals surface area contributed by atoms with Crippen molar-refractivity contribution in [3.05, 3.63) is 0 Å². The molecule has 0 radical (unpaired) electrons. The molecule has 0 atom stereocenters. The summed E-state index contributed by atoms with van der Waals surface area (Å²) in [5.41, 5.74) is 5.84. The summed E-state index contributed by atoms with van der Waals surface area (Å²) in [6.07, 6.45) is 4.01. The van der Waals surface area contributed by atoms with E-state index in [9.17, 15) is 9.35 Å². The number of nitrogens with one attached hydrogen (secondary N) is 1. The molecule has 18 heavy (non-hydrogen) atoms. The van der Waals surface area contributed by atoms with Gasteiger partial charge in [0.25, 0.3) is 0 Å². The van der Waals surface area contributed by atoms with Crippen molar-refractivity contribution < 1.29 is 9.35 Å². The summed E-state index contributed by atoms with van der Waals surface area (Å²) in [5.74, 6) is 1.50. The van der Waals surface area contributed by atoms with E-state index < -0.39 is 11.2 Å². The Kier molecular flexibility index (Phi) is 5.29. The van der Waals surface area contributed by atoms with Gasteiger partial charge < -0.3 is 15.6 Å². The molecule has 0 unspecified atom stereocenters. The van der Waals surface area contributed by atoms with Crippen LogP contribution in [0.1, 0.15) is 25.7 Å². The fraction of sp³-hybridized carbons (Fsp3) is 0.917. The summed E-state index contributed by atoms with van der Waals surface area (Å²) in [6.45, 7) is 1.99. The van der Waals surface area contributed by atoms with E-state index in [0.29, 0.717) is 30.1 Å². The van der Waals surface area contributed by atoms with Crippen molar-refractivity contribution in [3.8, 4) is 0 Å². The molecular weight excluding hydrogens is 250 g/mol. The lowest BCUT2D eigenvalue weighted by molar-refractivity contribution is -0.123.